The molecule has 0 aromatic carbocycles. The fourth-order valence-electron chi connectivity index (χ4n) is 4.69. The SMILES string of the molecule is [C-]#[N+]c1sc(-c2ccc(-c3cc(CC(CC)CCCC)c(C#N)s3)s2)cc1CC(CC)CCCC. The van der Waals surface area contributed by atoms with Crippen molar-refractivity contribution in [1.82, 2.24) is 0 Å². The average Bonchev–Trinajstić information content (AvgIpc) is 3.61. The summed E-state index contributed by atoms with van der Waals surface area (Å²) in [6, 6.07) is 11.4. The quantitative estimate of drug-likeness (QED) is 0.193. The minimum absolute atomic E-state index is 0.657. The van der Waals surface area contributed by atoms with Gasteiger partial charge in [0.2, 0.25) is 5.00 Å². The number of hydrogen-bond acceptors (Lipinski definition) is 4. The third-order valence-electron chi connectivity index (χ3n) is 6.99. The first kappa shape index (κ1) is 27.7. The van der Waals surface area contributed by atoms with Gasteiger partial charge in [0.25, 0.3) is 0 Å². The molecule has 186 valence electrons. The largest absolute Gasteiger partial charge is 0.244 e. The summed E-state index contributed by atoms with van der Waals surface area (Å²) in [4.78, 5) is 9.60. The molecule has 0 N–H and O–H groups in total. The van der Waals surface area contributed by atoms with Crippen molar-refractivity contribution >= 4 is 39.0 Å². The molecule has 0 saturated carbocycles. The first-order valence-electron chi connectivity index (χ1n) is 13.2. The smallest absolute Gasteiger partial charge is 0.226 e. The van der Waals surface area contributed by atoms with Crippen LogP contribution in [0, 0.1) is 29.7 Å². The second-order valence-corrected chi connectivity index (χ2v) is 12.7. The van der Waals surface area contributed by atoms with Crippen LogP contribution >= 0.6 is 34.0 Å². The van der Waals surface area contributed by atoms with Crippen LogP contribution in [0.4, 0.5) is 5.00 Å². The van der Waals surface area contributed by atoms with Gasteiger partial charge in [0.1, 0.15) is 10.9 Å². The lowest BCUT2D eigenvalue weighted by atomic mass is 9.92. The number of hydrogen-bond donors (Lipinski definition) is 0. The van der Waals surface area contributed by atoms with Crippen LogP contribution in [-0.4, -0.2) is 0 Å². The van der Waals surface area contributed by atoms with Crippen LogP contribution in [0.25, 0.3) is 24.4 Å². The molecule has 3 rings (SSSR count). The summed E-state index contributed by atoms with van der Waals surface area (Å²) in [5.41, 5.74) is 2.44. The molecule has 0 radical (unpaired) electrons. The van der Waals surface area contributed by atoms with Gasteiger partial charge in [-0.25, -0.2) is 4.85 Å². The van der Waals surface area contributed by atoms with Gasteiger partial charge in [-0.15, -0.1) is 22.7 Å². The molecule has 0 aliphatic rings. The lowest BCUT2D eigenvalue weighted by Crippen LogP contribution is -2.03. The number of nitriles is 1. The Morgan fingerprint density at radius 2 is 1.34 bits per heavy atom. The second kappa shape index (κ2) is 14.0. The predicted molar refractivity (Wildman–Crippen MR) is 156 cm³/mol. The highest BCUT2D eigenvalue weighted by molar-refractivity contribution is 7.27. The Labute approximate surface area is 224 Å². The molecule has 3 aromatic rings. The first-order chi connectivity index (χ1) is 17.1. The van der Waals surface area contributed by atoms with E-state index < -0.39 is 0 Å². The van der Waals surface area contributed by atoms with E-state index >= 15 is 0 Å². The van der Waals surface area contributed by atoms with Gasteiger partial charge in [-0.1, -0.05) is 85.1 Å². The van der Waals surface area contributed by atoms with Crippen LogP contribution in [0.1, 0.15) is 95.1 Å². The molecule has 0 amide bonds. The zero-order valence-corrected chi connectivity index (χ0v) is 24.1. The molecule has 0 bridgehead atoms. The highest BCUT2D eigenvalue weighted by atomic mass is 32.1. The lowest BCUT2D eigenvalue weighted by molar-refractivity contribution is 0.449. The maximum atomic E-state index is 9.77. The molecule has 5 heteroatoms. The van der Waals surface area contributed by atoms with Gasteiger partial charge in [0, 0.05) is 19.5 Å². The minimum atomic E-state index is 0.657. The van der Waals surface area contributed by atoms with Crippen molar-refractivity contribution in [2.45, 2.75) is 91.9 Å². The molecule has 35 heavy (non-hydrogen) atoms. The fourth-order valence-corrected chi connectivity index (χ4v) is 7.82. The van der Waals surface area contributed by atoms with E-state index in [-0.39, 0.29) is 0 Å². The van der Waals surface area contributed by atoms with Crippen LogP contribution < -0.4 is 0 Å². The van der Waals surface area contributed by atoms with Crippen molar-refractivity contribution in [3.63, 3.8) is 0 Å². The average molecular weight is 523 g/mol. The Bertz CT molecular complexity index is 1060. The predicted octanol–water partition coefficient (Wildman–Crippen LogP) is 11.1. The molecule has 0 aliphatic carbocycles. The van der Waals surface area contributed by atoms with E-state index in [2.05, 4.69) is 62.9 Å². The molecule has 0 fully saturated rings. The monoisotopic (exact) mass is 522 g/mol. The normalized spacial score (nSPS) is 12.9. The molecule has 2 unspecified atom stereocenters. The van der Waals surface area contributed by atoms with Gasteiger partial charge in [-0.05, 0) is 54.0 Å². The van der Waals surface area contributed by atoms with Crippen LogP contribution in [0.5, 0.6) is 0 Å². The minimum Gasteiger partial charge on any atom is -0.226 e. The van der Waals surface area contributed by atoms with Crippen molar-refractivity contribution in [1.29, 1.82) is 5.26 Å². The van der Waals surface area contributed by atoms with Crippen molar-refractivity contribution in [2.24, 2.45) is 11.8 Å². The molecule has 0 saturated heterocycles. The van der Waals surface area contributed by atoms with Crippen LogP contribution in [0.15, 0.2) is 24.3 Å². The van der Waals surface area contributed by atoms with Crippen molar-refractivity contribution < 1.29 is 0 Å². The standard InChI is InChI=1S/C30H38N2S3/c1-6-10-12-21(8-3)16-23-18-27(34-29(23)20-31)25-14-15-26(33-25)28-19-24(30(32-5)35-28)17-22(9-4)13-11-7-2/h14-15,18-19,21-22H,6-13,16-17H2,1-4H3. The highest BCUT2D eigenvalue weighted by Gasteiger charge is 2.18. The van der Waals surface area contributed by atoms with E-state index in [4.69, 9.17) is 6.57 Å². The van der Waals surface area contributed by atoms with E-state index in [0.29, 0.717) is 11.8 Å². The van der Waals surface area contributed by atoms with Gasteiger partial charge in [-0.3, -0.25) is 0 Å². The van der Waals surface area contributed by atoms with Crippen molar-refractivity contribution in [2.75, 3.05) is 0 Å². The molecular weight excluding hydrogens is 485 g/mol. The van der Waals surface area contributed by atoms with Crippen molar-refractivity contribution in [3.05, 3.63) is 51.7 Å². The Morgan fingerprint density at radius 3 is 1.86 bits per heavy atom. The molecule has 3 heterocycles. The van der Waals surface area contributed by atoms with E-state index in [1.54, 1.807) is 34.0 Å². The van der Waals surface area contributed by atoms with Gasteiger partial charge >= 0.3 is 0 Å². The van der Waals surface area contributed by atoms with Gasteiger partial charge in [0.05, 0.1) is 6.57 Å². The first-order valence-corrected chi connectivity index (χ1v) is 15.6. The summed E-state index contributed by atoms with van der Waals surface area (Å²) in [5, 5.41) is 10.6. The molecule has 0 aliphatic heterocycles. The maximum absolute atomic E-state index is 9.77. The van der Waals surface area contributed by atoms with E-state index in [0.717, 1.165) is 22.7 Å². The Morgan fingerprint density at radius 1 is 0.800 bits per heavy atom. The lowest BCUT2D eigenvalue weighted by Gasteiger charge is -2.13. The Hall–Kier alpha value is -1.92. The number of nitrogens with zero attached hydrogens (tertiary/aromatic N) is 2. The second-order valence-electron chi connectivity index (χ2n) is 9.53. The maximum Gasteiger partial charge on any atom is 0.244 e. The van der Waals surface area contributed by atoms with E-state index in [1.165, 1.54) is 82.0 Å². The zero-order valence-electron chi connectivity index (χ0n) is 21.7. The molecular formula is C30H38N2S3. The summed E-state index contributed by atoms with van der Waals surface area (Å²) in [5.74, 6) is 1.32. The number of unbranched alkanes of at least 4 members (excludes halogenated alkanes) is 2. The van der Waals surface area contributed by atoms with E-state index in [9.17, 15) is 5.26 Å². The Kier molecular flexibility index (Phi) is 11.1. The van der Waals surface area contributed by atoms with Crippen molar-refractivity contribution in [3.8, 4) is 25.6 Å². The molecule has 0 spiro atoms. The van der Waals surface area contributed by atoms with Gasteiger partial charge in [0.15, 0.2) is 0 Å². The topological polar surface area (TPSA) is 28.1 Å². The third kappa shape index (κ3) is 7.29. The summed E-state index contributed by atoms with van der Waals surface area (Å²) in [6.45, 7) is 16.7. The highest BCUT2D eigenvalue weighted by Crippen LogP contribution is 2.45. The molecule has 3 aromatic heterocycles. The number of rotatable bonds is 14. The third-order valence-corrected chi connectivity index (χ3v) is 10.6. The van der Waals surface area contributed by atoms with Gasteiger partial charge in [-0.2, -0.15) is 16.6 Å². The van der Waals surface area contributed by atoms with Crippen LogP contribution in [0.2, 0.25) is 0 Å². The summed E-state index contributed by atoms with van der Waals surface area (Å²) in [7, 11) is 0. The summed E-state index contributed by atoms with van der Waals surface area (Å²) in [6.07, 6.45) is 11.8. The van der Waals surface area contributed by atoms with Gasteiger partial charge < -0.3 is 0 Å². The fraction of sp³-hybridized carbons (Fsp3) is 0.533. The number of thiophene rings is 3. The summed E-state index contributed by atoms with van der Waals surface area (Å²) < 4.78 is 0. The molecule has 2 nitrogen and oxygen atoms in total. The zero-order chi connectivity index (χ0) is 25.2. The molecule has 2 atom stereocenters. The Balaban J connectivity index is 1.81. The van der Waals surface area contributed by atoms with Crippen LogP contribution in [-0.2, 0) is 12.8 Å². The van der Waals surface area contributed by atoms with E-state index in [1.807, 2.05) is 0 Å². The summed E-state index contributed by atoms with van der Waals surface area (Å²) >= 11 is 5.06. The van der Waals surface area contributed by atoms with Crippen LogP contribution in [0.3, 0.4) is 0 Å².